The van der Waals surface area contributed by atoms with Crippen molar-refractivity contribution in [3.63, 3.8) is 0 Å². The van der Waals surface area contributed by atoms with Crippen LogP contribution in [0, 0.1) is 16.0 Å². The second-order valence-electron chi connectivity index (χ2n) is 5.12. The Morgan fingerprint density at radius 2 is 2.29 bits per heavy atom. The highest BCUT2D eigenvalue weighted by molar-refractivity contribution is 9.10. The van der Waals surface area contributed by atoms with Crippen molar-refractivity contribution in [1.82, 2.24) is 20.3 Å². The molecule has 110 valence electrons. The molecule has 1 saturated carbocycles. The van der Waals surface area contributed by atoms with E-state index in [2.05, 4.69) is 31.6 Å². The van der Waals surface area contributed by atoms with Gasteiger partial charge >= 0.3 is 0 Å². The minimum Gasteiger partial charge on any atom is -0.311 e. The number of nitro groups is 1. The molecule has 1 aromatic carbocycles. The minimum atomic E-state index is -0.428. The van der Waals surface area contributed by atoms with Crippen LogP contribution >= 0.6 is 15.9 Å². The van der Waals surface area contributed by atoms with Gasteiger partial charge in [-0.25, -0.2) is 4.68 Å². The molecule has 0 unspecified atom stereocenters. The second kappa shape index (κ2) is 5.90. The molecule has 0 atom stereocenters. The van der Waals surface area contributed by atoms with Gasteiger partial charge in [0, 0.05) is 12.6 Å². The Morgan fingerprint density at radius 1 is 1.48 bits per heavy atom. The van der Waals surface area contributed by atoms with Crippen molar-refractivity contribution < 1.29 is 4.92 Å². The Labute approximate surface area is 129 Å². The van der Waals surface area contributed by atoms with Crippen LogP contribution in [0.1, 0.15) is 18.5 Å². The monoisotopic (exact) mass is 351 g/mol. The molecule has 0 amide bonds. The molecular weight excluding hydrogens is 338 g/mol. The molecule has 2 aromatic rings. The van der Waals surface area contributed by atoms with Crippen molar-refractivity contribution in [1.29, 1.82) is 0 Å². The highest BCUT2D eigenvalue weighted by atomic mass is 79.9. The fourth-order valence-electron chi connectivity index (χ4n) is 2.02. The quantitative estimate of drug-likeness (QED) is 0.638. The Morgan fingerprint density at radius 3 is 3.00 bits per heavy atom. The first-order valence-corrected chi connectivity index (χ1v) is 7.49. The number of nitrogens with zero attached hydrogens (tertiary/aromatic N) is 4. The zero-order valence-electron chi connectivity index (χ0n) is 11.2. The van der Waals surface area contributed by atoms with Gasteiger partial charge in [0.25, 0.3) is 5.69 Å². The van der Waals surface area contributed by atoms with Gasteiger partial charge in [0.15, 0.2) is 0 Å². The van der Waals surface area contributed by atoms with E-state index in [9.17, 15) is 10.1 Å². The first-order chi connectivity index (χ1) is 10.1. The lowest BCUT2D eigenvalue weighted by Gasteiger charge is -2.01. The minimum absolute atomic E-state index is 0.0106. The van der Waals surface area contributed by atoms with Gasteiger partial charge in [-0.05, 0) is 53.4 Å². The summed E-state index contributed by atoms with van der Waals surface area (Å²) in [7, 11) is 0. The van der Waals surface area contributed by atoms with Crippen molar-refractivity contribution in [3.8, 4) is 5.69 Å². The van der Waals surface area contributed by atoms with E-state index in [0.29, 0.717) is 16.7 Å². The normalized spacial score (nSPS) is 14.3. The summed E-state index contributed by atoms with van der Waals surface area (Å²) >= 11 is 3.17. The molecule has 1 fully saturated rings. The topological polar surface area (TPSA) is 85.9 Å². The molecule has 0 bridgehead atoms. The maximum absolute atomic E-state index is 10.9. The number of nitro benzene ring substituents is 1. The molecule has 3 rings (SSSR count). The molecule has 7 nitrogen and oxygen atoms in total. The van der Waals surface area contributed by atoms with Crippen LogP contribution < -0.4 is 5.32 Å². The molecular formula is C13H14BrN5O2. The number of hydrogen-bond donors (Lipinski definition) is 1. The van der Waals surface area contributed by atoms with Crippen LogP contribution in [0.5, 0.6) is 0 Å². The number of hydrogen-bond acceptors (Lipinski definition) is 5. The maximum Gasteiger partial charge on any atom is 0.285 e. The zero-order valence-corrected chi connectivity index (χ0v) is 12.8. The predicted molar refractivity (Wildman–Crippen MR) is 80.1 cm³/mol. The van der Waals surface area contributed by atoms with Crippen LogP contribution in [0.15, 0.2) is 28.9 Å². The van der Waals surface area contributed by atoms with Gasteiger partial charge in [0.2, 0.25) is 0 Å². The van der Waals surface area contributed by atoms with Gasteiger partial charge in [-0.3, -0.25) is 10.1 Å². The average Bonchev–Trinajstić information content (AvgIpc) is 3.16. The SMILES string of the molecule is O=[N+]([O-])c1cc(-n2cc(CNCC3CC3)nn2)ccc1Br. The molecule has 0 saturated heterocycles. The molecule has 0 aliphatic heterocycles. The number of benzene rings is 1. The smallest absolute Gasteiger partial charge is 0.285 e. The van der Waals surface area contributed by atoms with Gasteiger partial charge in [-0.15, -0.1) is 5.10 Å². The Bertz CT molecular complexity index is 668. The van der Waals surface area contributed by atoms with E-state index in [0.717, 1.165) is 18.2 Å². The van der Waals surface area contributed by atoms with E-state index in [-0.39, 0.29) is 5.69 Å². The van der Waals surface area contributed by atoms with Crippen LogP contribution in [0.25, 0.3) is 5.69 Å². The third-order valence-corrected chi connectivity index (χ3v) is 4.04. The molecule has 1 heterocycles. The first-order valence-electron chi connectivity index (χ1n) is 6.70. The summed E-state index contributed by atoms with van der Waals surface area (Å²) in [6.07, 6.45) is 4.40. The molecule has 21 heavy (non-hydrogen) atoms. The standard InChI is InChI=1S/C13H14BrN5O2/c14-12-4-3-11(5-13(12)19(20)21)18-8-10(16-17-18)7-15-6-9-1-2-9/h3-5,8-9,15H,1-2,6-7H2. The number of nitrogens with one attached hydrogen (secondary N) is 1. The van der Waals surface area contributed by atoms with Crippen molar-refractivity contribution in [2.75, 3.05) is 6.54 Å². The fraction of sp³-hybridized carbons (Fsp3) is 0.385. The van der Waals surface area contributed by atoms with Crippen LogP contribution in [-0.4, -0.2) is 26.5 Å². The van der Waals surface area contributed by atoms with Crippen molar-refractivity contribution in [3.05, 3.63) is 44.7 Å². The van der Waals surface area contributed by atoms with Gasteiger partial charge < -0.3 is 5.32 Å². The number of aromatic nitrogens is 3. The van der Waals surface area contributed by atoms with Crippen LogP contribution in [0.3, 0.4) is 0 Å². The highest BCUT2D eigenvalue weighted by Crippen LogP contribution is 2.28. The third kappa shape index (κ3) is 3.45. The number of rotatable bonds is 6. The Kier molecular flexibility index (Phi) is 3.98. The summed E-state index contributed by atoms with van der Waals surface area (Å²) in [5.74, 6) is 0.814. The fourth-order valence-corrected chi connectivity index (χ4v) is 2.41. The highest BCUT2D eigenvalue weighted by Gasteiger charge is 2.20. The van der Waals surface area contributed by atoms with Crippen molar-refractivity contribution >= 4 is 21.6 Å². The van der Waals surface area contributed by atoms with E-state index in [1.165, 1.54) is 18.9 Å². The maximum atomic E-state index is 10.9. The molecule has 1 aliphatic carbocycles. The van der Waals surface area contributed by atoms with Gasteiger partial charge in [-0.1, -0.05) is 5.21 Å². The van der Waals surface area contributed by atoms with Crippen molar-refractivity contribution in [2.24, 2.45) is 5.92 Å². The molecule has 1 aliphatic rings. The van der Waals surface area contributed by atoms with Crippen LogP contribution in [0.4, 0.5) is 5.69 Å². The largest absolute Gasteiger partial charge is 0.311 e. The van der Waals surface area contributed by atoms with Crippen molar-refractivity contribution in [2.45, 2.75) is 19.4 Å². The summed E-state index contributed by atoms with van der Waals surface area (Å²) in [6.45, 7) is 1.67. The third-order valence-electron chi connectivity index (χ3n) is 3.37. The lowest BCUT2D eigenvalue weighted by molar-refractivity contribution is -0.385. The Balaban J connectivity index is 1.72. The van der Waals surface area contributed by atoms with Gasteiger partial charge in [0.1, 0.15) is 0 Å². The first kappa shape index (κ1) is 14.2. The summed E-state index contributed by atoms with van der Waals surface area (Å²) in [5.41, 5.74) is 1.45. The summed E-state index contributed by atoms with van der Waals surface area (Å²) in [5, 5.41) is 22.4. The molecule has 0 radical (unpaired) electrons. The van der Waals surface area contributed by atoms with E-state index < -0.39 is 4.92 Å². The summed E-state index contributed by atoms with van der Waals surface area (Å²) in [6, 6.07) is 4.87. The molecule has 1 aromatic heterocycles. The second-order valence-corrected chi connectivity index (χ2v) is 5.98. The van der Waals surface area contributed by atoms with E-state index >= 15 is 0 Å². The van der Waals surface area contributed by atoms with Gasteiger partial charge in [-0.2, -0.15) is 0 Å². The van der Waals surface area contributed by atoms with Crippen LogP contribution in [-0.2, 0) is 6.54 Å². The zero-order chi connectivity index (χ0) is 14.8. The van der Waals surface area contributed by atoms with Crippen LogP contribution in [0.2, 0.25) is 0 Å². The van der Waals surface area contributed by atoms with E-state index in [1.54, 1.807) is 23.0 Å². The average molecular weight is 352 g/mol. The summed E-state index contributed by atoms with van der Waals surface area (Å²) < 4.78 is 2.00. The lowest BCUT2D eigenvalue weighted by atomic mass is 10.3. The predicted octanol–water partition coefficient (Wildman–Crippen LogP) is 2.44. The van der Waals surface area contributed by atoms with Gasteiger partial charge in [0.05, 0.1) is 27.0 Å². The summed E-state index contributed by atoms with van der Waals surface area (Å²) in [4.78, 5) is 10.5. The van der Waals surface area contributed by atoms with E-state index in [1.807, 2.05) is 0 Å². The number of halogens is 1. The van der Waals surface area contributed by atoms with E-state index in [4.69, 9.17) is 0 Å². The molecule has 8 heteroatoms. The Hall–Kier alpha value is -1.80. The lowest BCUT2D eigenvalue weighted by Crippen LogP contribution is -2.16. The molecule has 1 N–H and O–H groups in total. The molecule has 0 spiro atoms.